The summed E-state index contributed by atoms with van der Waals surface area (Å²) in [6.45, 7) is 2.29. The Hall–Kier alpha value is 1.23. The van der Waals surface area contributed by atoms with Gasteiger partial charge in [-0.2, -0.15) is 0 Å². The number of hydrogen-bond acceptors (Lipinski definition) is 0. The average molecular weight is 380 g/mol. The normalized spacial score (nSPS) is 10.9. The second kappa shape index (κ2) is 16.2. The van der Waals surface area contributed by atoms with Gasteiger partial charge in [0.2, 0.25) is 0 Å². The Labute approximate surface area is 127 Å². The summed E-state index contributed by atoms with van der Waals surface area (Å²) in [5.74, 6) is 0. The Morgan fingerprint density at radius 1 is 0.500 bits per heavy atom. The maximum absolute atomic E-state index is 2.99. The third kappa shape index (κ3) is 15.2. The standard InChI is InChI=1S/C15H31.Tm/c1-3-5-7-9-11-13-15-14-12-10-8-6-4-2;/h1,3-15H2,2H3;. The summed E-state index contributed by atoms with van der Waals surface area (Å²) in [7, 11) is 0. The van der Waals surface area contributed by atoms with E-state index in [1.165, 1.54) is 86.1 Å². The summed E-state index contributed by atoms with van der Waals surface area (Å²) >= 11 is 2.99. The minimum atomic E-state index is 1.26. The maximum atomic E-state index is 2.99. The molecule has 0 radical (unpaired) electrons. The first-order valence-corrected chi connectivity index (χ1v) is 8.66. The van der Waals surface area contributed by atoms with E-state index < -0.39 is 0 Å². The molecule has 0 unspecified atom stereocenters. The van der Waals surface area contributed by atoms with Crippen molar-refractivity contribution in [3.63, 3.8) is 0 Å². The number of hydrogen-bond donors (Lipinski definition) is 0. The van der Waals surface area contributed by atoms with Crippen LogP contribution in [-0.4, -0.2) is 0 Å². The zero-order valence-corrected chi connectivity index (χ0v) is 13.0. The predicted molar refractivity (Wildman–Crippen MR) is 70.5 cm³/mol. The van der Waals surface area contributed by atoms with E-state index in [0.29, 0.717) is 0 Å². The van der Waals surface area contributed by atoms with E-state index in [0.717, 1.165) is 0 Å². The van der Waals surface area contributed by atoms with Crippen LogP contribution in [0.3, 0.4) is 0 Å². The van der Waals surface area contributed by atoms with E-state index in [4.69, 9.17) is 0 Å². The van der Waals surface area contributed by atoms with Gasteiger partial charge in [-0.05, 0) is 0 Å². The van der Waals surface area contributed by atoms with Crippen molar-refractivity contribution in [2.45, 2.75) is 93.0 Å². The van der Waals surface area contributed by atoms with Crippen molar-refractivity contribution in [1.82, 2.24) is 0 Å². The fourth-order valence-corrected chi connectivity index (χ4v) is 2.53. The van der Waals surface area contributed by atoms with E-state index in [2.05, 4.69) is 41.9 Å². The van der Waals surface area contributed by atoms with Crippen molar-refractivity contribution in [3.05, 3.63) is 0 Å². The fourth-order valence-electron chi connectivity index (χ4n) is 2.09. The van der Waals surface area contributed by atoms with Crippen LogP contribution in [-0.2, 0) is 0 Å². The molecule has 0 amide bonds. The molecule has 0 saturated heterocycles. The molecule has 0 N–H and O–H groups in total. The third-order valence-electron chi connectivity index (χ3n) is 3.20. The van der Waals surface area contributed by atoms with E-state index in [9.17, 15) is 0 Å². The second-order valence-electron chi connectivity index (χ2n) is 4.88. The van der Waals surface area contributed by atoms with Gasteiger partial charge in [-0.15, -0.1) is 0 Å². The third-order valence-corrected chi connectivity index (χ3v) is 3.83. The second-order valence-corrected chi connectivity index (χ2v) is 5.77. The molecular formula is C15H31Tm. The molecule has 0 atom stereocenters. The zero-order chi connectivity index (χ0) is 11.9. The van der Waals surface area contributed by atoms with Crippen molar-refractivity contribution in [2.75, 3.05) is 0 Å². The molecule has 0 aromatic heterocycles. The summed E-state index contributed by atoms with van der Waals surface area (Å²) in [6, 6.07) is 0. The first kappa shape index (κ1) is 17.2. The molecule has 0 fully saturated rings. The van der Waals surface area contributed by atoms with E-state index in [1.54, 1.807) is 0 Å². The molecule has 0 aromatic carbocycles. The van der Waals surface area contributed by atoms with Crippen LogP contribution < -0.4 is 0 Å². The Balaban J connectivity index is 2.83. The fraction of sp³-hybridized carbons (Fsp3) is 1.00. The van der Waals surface area contributed by atoms with E-state index in [-0.39, 0.29) is 0 Å². The van der Waals surface area contributed by atoms with Crippen LogP contribution in [0.4, 0.5) is 0 Å². The Morgan fingerprint density at radius 3 is 1.12 bits per heavy atom. The topological polar surface area (TPSA) is 0 Å². The summed E-state index contributed by atoms with van der Waals surface area (Å²) in [6.07, 6.45) is 18.9. The molecule has 0 rings (SSSR count). The van der Waals surface area contributed by atoms with Gasteiger partial charge in [0.1, 0.15) is 0 Å². The molecule has 0 saturated carbocycles. The van der Waals surface area contributed by atoms with Gasteiger partial charge in [-0.1, -0.05) is 19.8 Å². The van der Waals surface area contributed by atoms with Gasteiger partial charge >= 0.3 is 108 Å². The van der Waals surface area contributed by atoms with Crippen LogP contribution in [0.25, 0.3) is 0 Å². The van der Waals surface area contributed by atoms with E-state index in [1.807, 2.05) is 0 Å². The van der Waals surface area contributed by atoms with Crippen LogP contribution in [0.1, 0.15) is 90.4 Å². The monoisotopic (exact) mass is 380 g/mol. The van der Waals surface area contributed by atoms with Crippen LogP contribution in [0.2, 0.25) is 2.64 Å². The first-order chi connectivity index (χ1) is 7.91. The molecule has 0 aliphatic carbocycles. The van der Waals surface area contributed by atoms with Crippen molar-refractivity contribution in [1.29, 1.82) is 0 Å². The average Bonchev–Trinajstić information content (AvgIpc) is 2.31. The van der Waals surface area contributed by atoms with Crippen molar-refractivity contribution in [3.8, 4) is 0 Å². The Kier molecular flexibility index (Phi) is 17.5. The number of unbranched alkanes of at least 4 members (excludes halogenated alkanes) is 12. The van der Waals surface area contributed by atoms with Gasteiger partial charge in [0, 0.05) is 0 Å². The quantitative estimate of drug-likeness (QED) is 0.342. The van der Waals surface area contributed by atoms with Crippen molar-refractivity contribution >= 4 is 0 Å². The molecule has 0 aliphatic rings. The molecular weight excluding hydrogens is 349 g/mol. The molecule has 0 aromatic rings. The van der Waals surface area contributed by atoms with Crippen LogP contribution >= 0.6 is 0 Å². The molecule has 1 heteroatoms. The van der Waals surface area contributed by atoms with Gasteiger partial charge in [0.25, 0.3) is 0 Å². The molecule has 0 aliphatic heterocycles. The van der Waals surface area contributed by atoms with Gasteiger partial charge in [-0.3, -0.25) is 0 Å². The van der Waals surface area contributed by atoms with Crippen molar-refractivity contribution < 1.29 is 35.0 Å². The summed E-state index contributed by atoms with van der Waals surface area (Å²) < 4.78 is 1.26. The van der Waals surface area contributed by atoms with Gasteiger partial charge in [-0.25, -0.2) is 0 Å². The van der Waals surface area contributed by atoms with Gasteiger partial charge in [0.05, 0.1) is 0 Å². The molecule has 0 bridgehead atoms. The molecule has 16 heavy (non-hydrogen) atoms. The summed E-state index contributed by atoms with van der Waals surface area (Å²) in [4.78, 5) is 0. The van der Waals surface area contributed by atoms with E-state index >= 15 is 0 Å². The predicted octanol–water partition coefficient (Wildman–Crippen LogP) is 6.05. The Bertz CT molecular complexity index is 98.0. The minimum absolute atomic E-state index is 1.26. The molecule has 104 valence electrons. The number of rotatable bonds is 13. The van der Waals surface area contributed by atoms with Crippen LogP contribution in [0.15, 0.2) is 0 Å². The first-order valence-electron chi connectivity index (χ1n) is 7.40. The van der Waals surface area contributed by atoms with Gasteiger partial charge < -0.3 is 0 Å². The SMILES string of the molecule is CCCCCCCCCCCCCC[CH2][Tm]. The molecule has 0 heterocycles. The summed E-state index contributed by atoms with van der Waals surface area (Å²) in [5.41, 5.74) is 0. The molecule has 0 spiro atoms. The van der Waals surface area contributed by atoms with Gasteiger partial charge in [0.15, 0.2) is 0 Å². The van der Waals surface area contributed by atoms with Crippen LogP contribution in [0, 0.1) is 35.0 Å². The zero-order valence-electron chi connectivity index (χ0n) is 11.2. The summed E-state index contributed by atoms with van der Waals surface area (Å²) in [5, 5.41) is 0. The van der Waals surface area contributed by atoms with Crippen molar-refractivity contribution in [2.24, 2.45) is 0 Å². The molecule has 0 nitrogen and oxygen atoms in total. The van der Waals surface area contributed by atoms with Crippen LogP contribution in [0.5, 0.6) is 0 Å². The Morgan fingerprint density at radius 2 is 0.812 bits per heavy atom.